The molecule has 118 valence electrons. The molecule has 3 rings (SSSR count). The SMILES string of the molecule is C[C@@H]1SCCN(C[C@H](O)Cn2cccn2)[C@H]1c1ccccc1. The zero-order valence-electron chi connectivity index (χ0n) is 12.9. The van der Waals surface area contributed by atoms with Crippen molar-refractivity contribution in [3.05, 3.63) is 54.4 Å². The molecule has 1 aromatic heterocycles. The predicted octanol–water partition coefficient (Wildman–Crippen LogP) is 2.42. The maximum absolute atomic E-state index is 10.4. The molecule has 5 heteroatoms. The smallest absolute Gasteiger partial charge is 0.0862 e. The van der Waals surface area contributed by atoms with Crippen molar-refractivity contribution in [3.8, 4) is 0 Å². The van der Waals surface area contributed by atoms with E-state index in [1.54, 1.807) is 10.9 Å². The summed E-state index contributed by atoms with van der Waals surface area (Å²) in [5.74, 6) is 1.12. The molecule has 0 spiro atoms. The molecule has 1 N–H and O–H groups in total. The zero-order valence-corrected chi connectivity index (χ0v) is 13.7. The highest BCUT2D eigenvalue weighted by Gasteiger charge is 2.31. The number of thioether (sulfide) groups is 1. The second-order valence-electron chi connectivity index (χ2n) is 5.81. The van der Waals surface area contributed by atoms with Gasteiger partial charge in [-0.1, -0.05) is 37.3 Å². The first kappa shape index (κ1) is 15.6. The Bertz CT molecular complexity index is 561. The van der Waals surface area contributed by atoms with Crippen LogP contribution in [-0.2, 0) is 6.54 Å². The number of benzene rings is 1. The largest absolute Gasteiger partial charge is 0.390 e. The number of aliphatic hydroxyl groups excluding tert-OH is 1. The molecule has 0 unspecified atom stereocenters. The van der Waals surface area contributed by atoms with Crippen LogP contribution in [-0.4, -0.2) is 50.0 Å². The van der Waals surface area contributed by atoms with Crippen LogP contribution in [0.15, 0.2) is 48.8 Å². The molecule has 0 amide bonds. The average Bonchev–Trinajstić information content (AvgIpc) is 3.01. The highest BCUT2D eigenvalue weighted by Crippen LogP contribution is 2.35. The van der Waals surface area contributed by atoms with E-state index in [0.717, 1.165) is 12.3 Å². The normalized spacial score (nSPS) is 24.3. The third kappa shape index (κ3) is 3.72. The Kier molecular flexibility index (Phi) is 5.18. The molecule has 4 nitrogen and oxygen atoms in total. The van der Waals surface area contributed by atoms with Crippen LogP contribution in [0.25, 0.3) is 0 Å². The van der Waals surface area contributed by atoms with E-state index in [1.165, 1.54) is 5.56 Å². The van der Waals surface area contributed by atoms with E-state index in [-0.39, 0.29) is 0 Å². The van der Waals surface area contributed by atoms with Crippen molar-refractivity contribution in [1.29, 1.82) is 0 Å². The summed E-state index contributed by atoms with van der Waals surface area (Å²) in [6.07, 6.45) is 3.24. The molecule has 22 heavy (non-hydrogen) atoms. The lowest BCUT2D eigenvalue weighted by Crippen LogP contribution is -2.44. The summed E-state index contributed by atoms with van der Waals surface area (Å²) in [7, 11) is 0. The van der Waals surface area contributed by atoms with Crippen molar-refractivity contribution in [2.45, 2.75) is 30.9 Å². The van der Waals surface area contributed by atoms with Crippen LogP contribution < -0.4 is 0 Å². The number of hydrogen-bond donors (Lipinski definition) is 1. The molecular formula is C17H23N3OS. The molecule has 2 heterocycles. The Morgan fingerprint density at radius 3 is 2.82 bits per heavy atom. The van der Waals surface area contributed by atoms with Gasteiger partial charge in [-0.15, -0.1) is 0 Å². The standard InChI is InChI=1S/C17H23N3OS/c1-14-17(15-6-3-2-4-7-15)19(10-11-22-14)12-16(21)13-20-9-5-8-18-20/h2-9,14,16-17,21H,10-13H2,1H3/t14-,16-,17+/m0/s1. The van der Waals surface area contributed by atoms with Crippen molar-refractivity contribution >= 4 is 11.8 Å². The van der Waals surface area contributed by atoms with E-state index in [9.17, 15) is 5.11 Å². The summed E-state index contributed by atoms with van der Waals surface area (Å²) < 4.78 is 1.80. The first-order valence-corrected chi connectivity index (χ1v) is 8.85. The van der Waals surface area contributed by atoms with Gasteiger partial charge in [0.25, 0.3) is 0 Å². The van der Waals surface area contributed by atoms with Gasteiger partial charge in [0, 0.05) is 42.5 Å². The number of nitrogens with zero attached hydrogens (tertiary/aromatic N) is 3. The Hall–Kier alpha value is -1.30. The van der Waals surface area contributed by atoms with Crippen LogP contribution in [0.5, 0.6) is 0 Å². The Labute approximate surface area is 136 Å². The van der Waals surface area contributed by atoms with Gasteiger partial charge in [-0.2, -0.15) is 16.9 Å². The Balaban J connectivity index is 1.69. The number of rotatable bonds is 5. The molecule has 2 aromatic rings. The van der Waals surface area contributed by atoms with E-state index in [1.807, 2.05) is 24.0 Å². The van der Waals surface area contributed by atoms with Crippen molar-refractivity contribution in [3.63, 3.8) is 0 Å². The molecule has 0 saturated carbocycles. The molecule has 3 atom stereocenters. The lowest BCUT2D eigenvalue weighted by atomic mass is 10.0. The fraction of sp³-hybridized carbons (Fsp3) is 0.471. The van der Waals surface area contributed by atoms with Crippen LogP contribution >= 0.6 is 11.8 Å². The van der Waals surface area contributed by atoms with Crippen LogP contribution in [0.3, 0.4) is 0 Å². The Morgan fingerprint density at radius 1 is 1.27 bits per heavy atom. The minimum atomic E-state index is -0.401. The quantitative estimate of drug-likeness (QED) is 0.919. The lowest BCUT2D eigenvalue weighted by molar-refractivity contribution is 0.0738. The molecule has 0 aliphatic carbocycles. The van der Waals surface area contributed by atoms with Crippen LogP contribution in [0.2, 0.25) is 0 Å². The molecule has 1 saturated heterocycles. The number of aliphatic hydroxyl groups is 1. The molecule has 1 fully saturated rings. The summed E-state index contributed by atoms with van der Waals surface area (Å²) in [6, 6.07) is 12.9. The summed E-state index contributed by atoms with van der Waals surface area (Å²) in [5, 5.41) is 15.1. The maximum atomic E-state index is 10.4. The Morgan fingerprint density at radius 2 is 2.09 bits per heavy atom. The molecule has 1 aliphatic heterocycles. The predicted molar refractivity (Wildman–Crippen MR) is 90.9 cm³/mol. The third-order valence-electron chi connectivity index (χ3n) is 4.14. The molecule has 1 aromatic carbocycles. The van der Waals surface area contributed by atoms with Crippen molar-refractivity contribution < 1.29 is 5.11 Å². The fourth-order valence-corrected chi connectivity index (χ4v) is 4.40. The topological polar surface area (TPSA) is 41.3 Å². The van der Waals surface area contributed by atoms with Crippen molar-refractivity contribution in [1.82, 2.24) is 14.7 Å². The second-order valence-corrected chi connectivity index (χ2v) is 7.29. The first-order chi connectivity index (χ1) is 10.7. The summed E-state index contributed by atoms with van der Waals surface area (Å²) >= 11 is 2.02. The minimum absolute atomic E-state index is 0.368. The van der Waals surface area contributed by atoms with Gasteiger partial charge >= 0.3 is 0 Å². The highest BCUT2D eigenvalue weighted by molar-refractivity contribution is 8.00. The molecule has 0 bridgehead atoms. The highest BCUT2D eigenvalue weighted by atomic mass is 32.2. The van der Waals surface area contributed by atoms with Gasteiger partial charge in [-0.05, 0) is 11.6 Å². The van der Waals surface area contributed by atoms with E-state index in [0.29, 0.717) is 24.4 Å². The summed E-state index contributed by atoms with van der Waals surface area (Å²) in [5.41, 5.74) is 1.34. The van der Waals surface area contributed by atoms with Gasteiger partial charge < -0.3 is 5.11 Å². The number of β-amino-alcohol motifs (C(OH)–C–C–N with tert-alkyl or cyclic N) is 1. The van der Waals surface area contributed by atoms with Crippen LogP contribution in [0.4, 0.5) is 0 Å². The third-order valence-corrected chi connectivity index (χ3v) is 5.34. The van der Waals surface area contributed by atoms with Gasteiger partial charge in [0.05, 0.1) is 12.6 Å². The second kappa shape index (κ2) is 7.31. The van der Waals surface area contributed by atoms with Crippen LogP contribution in [0, 0.1) is 0 Å². The monoisotopic (exact) mass is 317 g/mol. The number of hydrogen-bond acceptors (Lipinski definition) is 4. The van der Waals surface area contributed by atoms with Crippen LogP contribution in [0.1, 0.15) is 18.5 Å². The van der Waals surface area contributed by atoms with Gasteiger partial charge in [-0.25, -0.2) is 0 Å². The van der Waals surface area contributed by atoms with Crippen molar-refractivity contribution in [2.24, 2.45) is 0 Å². The molecule has 1 aliphatic rings. The lowest BCUT2D eigenvalue weighted by Gasteiger charge is -2.40. The first-order valence-electron chi connectivity index (χ1n) is 7.80. The van der Waals surface area contributed by atoms with Crippen molar-refractivity contribution in [2.75, 3.05) is 18.8 Å². The zero-order chi connectivity index (χ0) is 15.4. The maximum Gasteiger partial charge on any atom is 0.0862 e. The van der Waals surface area contributed by atoms with Gasteiger partial charge in [0.2, 0.25) is 0 Å². The molecular weight excluding hydrogens is 294 g/mol. The average molecular weight is 317 g/mol. The molecule has 0 radical (unpaired) electrons. The number of aromatic nitrogens is 2. The van der Waals surface area contributed by atoms with E-state index in [4.69, 9.17) is 0 Å². The van der Waals surface area contributed by atoms with E-state index < -0.39 is 6.10 Å². The minimum Gasteiger partial charge on any atom is -0.390 e. The summed E-state index contributed by atoms with van der Waals surface area (Å²) in [4.78, 5) is 2.42. The van der Waals surface area contributed by atoms with Gasteiger partial charge in [0.15, 0.2) is 0 Å². The summed E-state index contributed by atoms with van der Waals surface area (Å²) in [6.45, 7) is 4.54. The van der Waals surface area contributed by atoms with Gasteiger partial charge in [-0.3, -0.25) is 9.58 Å². The van der Waals surface area contributed by atoms with E-state index >= 15 is 0 Å². The van der Waals surface area contributed by atoms with E-state index in [2.05, 4.69) is 47.3 Å². The fourth-order valence-electron chi connectivity index (χ4n) is 3.17. The van der Waals surface area contributed by atoms with Gasteiger partial charge in [0.1, 0.15) is 0 Å².